The first kappa shape index (κ1) is 13.8. The minimum absolute atomic E-state index is 0.0608. The topological polar surface area (TPSA) is 79.5 Å². The Kier molecular flexibility index (Phi) is 3.25. The molecule has 1 saturated heterocycles. The Morgan fingerprint density at radius 2 is 2.24 bits per heavy atom. The van der Waals surface area contributed by atoms with Crippen molar-refractivity contribution in [2.75, 3.05) is 18.0 Å². The number of pyridine rings is 1. The molecule has 1 atom stereocenters. The van der Waals surface area contributed by atoms with Gasteiger partial charge in [0.15, 0.2) is 0 Å². The highest BCUT2D eigenvalue weighted by Gasteiger charge is 2.30. The van der Waals surface area contributed by atoms with Gasteiger partial charge in [-0.15, -0.1) is 0 Å². The number of fused-ring (bicyclic) bond motifs is 1. The predicted molar refractivity (Wildman–Crippen MR) is 80.5 cm³/mol. The number of hydrogen-bond donors (Lipinski definition) is 1. The molecule has 21 heavy (non-hydrogen) atoms. The molecule has 0 bridgehead atoms. The van der Waals surface area contributed by atoms with E-state index in [4.69, 9.17) is 0 Å². The quantitative estimate of drug-likeness (QED) is 0.678. The van der Waals surface area contributed by atoms with Gasteiger partial charge in [-0.1, -0.05) is 0 Å². The summed E-state index contributed by atoms with van der Waals surface area (Å²) in [6.07, 6.45) is 3.29. The fourth-order valence-corrected chi connectivity index (χ4v) is 2.98. The predicted octanol–water partition coefficient (Wildman–Crippen LogP) is 2.49. The number of nitrogens with zero attached hydrogens (tertiary/aromatic N) is 3. The largest absolute Gasteiger partial charge is 0.388 e. The van der Waals surface area contributed by atoms with Gasteiger partial charge in [0.05, 0.1) is 21.6 Å². The van der Waals surface area contributed by atoms with Crippen LogP contribution in [0.5, 0.6) is 0 Å². The van der Waals surface area contributed by atoms with Gasteiger partial charge < -0.3 is 10.0 Å². The maximum absolute atomic E-state index is 11.1. The highest BCUT2D eigenvalue weighted by atomic mass is 16.6. The standard InChI is InChI=1S/C15H17N3O3/c1-15(19)7-3-9-17(10-15)13-6-5-12(18(20)21)11-4-2-8-16-14(11)13/h2,4-6,8,19H,3,7,9-10H2,1H3. The van der Waals surface area contributed by atoms with Crippen LogP contribution in [-0.2, 0) is 0 Å². The van der Waals surface area contributed by atoms with Crippen LogP contribution in [0.25, 0.3) is 10.9 Å². The third-order valence-corrected chi connectivity index (χ3v) is 3.94. The fraction of sp³-hybridized carbons (Fsp3) is 0.400. The van der Waals surface area contributed by atoms with Gasteiger partial charge in [0.1, 0.15) is 5.52 Å². The van der Waals surface area contributed by atoms with Crippen LogP contribution in [0.3, 0.4) is 0 Å². The summed E-state index contributed by atoms with van der Waals surface area (Å²) in [7, 11) is 0. The lowest BCUT2D eigenvalue weighted by Crippen LogP contribution is -2.46. The number of non-ortho nitro benzene ring substituents is 1. The summed E-state index contributed by atoms with van der Waals surface area (Å²) >= 11 is 0. The lowest BCUT2D eigenvalue weighted by Gasteiger charge is -2.38. The summed E-state index contributed by atoms with van der Waals surface area (Å²) in [5.41, 5.74) is 0.785. The highest BCUT2D eigenvalue weighted by Crippen LogP contribution is 2.34. The molecule has 6 heteroatoms. The van der Waals surface area contributed by atoms with Gasteiger partial charge in [-0.2, -0.15) is 0 Å². The molecule has 0 spiro atoms. The Balaban J connectivity index is 2.12. The average molecular weight is 287 g/mol. The monoisotopic (exact) mass is 287 g/mol. The average Bonchev–Trinajstić information content (AvgIpc) is 2.44. The van der Waals surface area contributed by atoms with E-state index in [1.165, 1.54) is 6.07 Å². The molecule has 1 N–H and O–H groups in total. The number of benzene rings is 1. The van der Waals surface area contributed by atoms with Crippen molar-refractivity contribution in [3.63, 3.8) is 0 Å². The molecular formula is C15H17N3O3. The van der Waals surface area contributed by atoms with Crippen LogP contribution in [0.1, 0.15) is 19.8 Å². The molecule has 1 aliphatic heterocycles. The van der Waals surface area contributed by atoms with Gasteiger partial charge in [-0.3, -0.25) is 15.1 Å². The van der Waals surface area contributed by atoms with Crippen LogP contribution in [0.2, 0.25) is 0 Å². The van der Waals surface area contributed by atoms with E-state index in [9.17, 15) is 15.2 Å². The van der Waals surface area contributed by atoms with E-state index in [0.717, 1.165) is 25.1 Å². The van der Waals surface area contributed by atoms with Crippen LogP contribution < -0.4 is 4.90 Å². The number of nitro benzene ring substituents is 1. The van der Waals surface area contributed by atoms with E-state index in [2.05, 4.69) is 9.88 Å². The molecule has 1 fully saturated rings. The molecule has 2 aromatic rings. The van der Waals surface area contributed by atoms with Crippen molar-refractivity contribution in [2.45, 2.75) is 25.4 Å². The van der Waals surface area contributed by atoms with E-state index in [1.54, 1.807) is 24.4 Å². The molecule has 0 aliphatic carbocycles. The number of nitro groups is 1. The highest BCUT2D eigenvalue weighted by molar-refractivity contribution is 5.97. The zero-order valence-corrected chi connectivity index (χ0v) is 11.8. The minimum Gasteiger partial charge on any atom is -0.388 e. The fourth-order valence-electron chi connectivity index (χ4n) is 2.98. The summed E-state index contributed by atoms with van der Waals surface area (Å²) in [5.74, 6) is 0. The van der Waals surface area contributed by atoms with Gasteiger partial charge in [0.2, 0.25) is 0 Å². The van der Waals surface area contributed by atoms with Crippen LogP contribution in [0.4, 0.5) is 11.4 Å². The number of β-amino-alcohol motifs (C(OH)–C–C–N with tert-alkyl or cyclic N) is 1. The SMILES string of the molecule is CC1(O)CCCN(c2ccc([N+](=O)[O-])c3cccnc23)C1. The van der Waals surface area contributed by atoms with Gasteiger partial charge in [-0.25, -0.2) is 0 Å². The summed E-state index contributed by atoms with van der Waals surface area (Å²) < 4.78 is 0. The van der Waals surface area contributed by atoms with E-state index in [1.807, 2.05) is 6.92 Å². The number of hydrogen-bond acceptors (Lipinski definition) is 5. The normalized spacial score (nSPS) is 22.5. The molecule has 0 saturated carbocycles. The van der Waals surface area contributed by atoms with E-state index >= 15 is 0 Å². The first-order valence-corrected chi connectivity index (χ1v) is 6.97. The molecule has 0 amide bonds. The second-order valence-electron chi connectivity index (χ2n) is 5.78. The lowest BCUT2D eigenvalue weighted by molar-refractivity contribution is -0.383. The first-order chi connectivity index (χ1) is 9.98. The van der Waals surface area contributed by atoms with Crippen molar-refractivity contribution >= 4 is 22.3 Å². The molecule has 1 unspecified atom stereocenters. The molecule has 2 heterocycles. The third kappa shape index (κ3) is 2.54. The van der Waals surface area contributed by atoms with Crippen LogP contribution in [0.15, 0.2) is 30.5 Å². The van der Waals surface area contributed by atoms with E-state index < -0.39 is 5.60 Å². The summed E-state index contributed by atoms with van der Waals surface area (Å²) in [6.45, 7) is 3.15. The van der Waals surface area contributed by atoms with E-state index in [-0.39, 0.29) is 10.6 Å². The maximum Gasteiger partial charge on any atom is 0.278 e. The molecule has 1 aliphatic rings. The van der Waals surface area contributed by atoms with Crippen LogP contribution in [-0.4, -0.2) is 33.7 Å². The Morgan fingerprint density at radius 3 is 2.95 bits per heavy atom. The Labute approximate surface area is 122 Å². The Bertz CT molecular complexity index is 700. The van der Waals surface area contributed by atoms with Crippen LogP contribution in [0, 0.1) is 10.1 Å². The maximum atomic E-state index is 11.1. The third-order valence-electron chi connectivity index (χ3n) is 3.94. The van der Waals surface area contributed by atoms with Crippen molar-refractivity contribution < 1.29 is 10.0 Å². The van der Waals surface area contributed by atoms with Crippen molar-refractivity contribution in [3.05, 3.63) is 40.6 Å². The Hall–Kier alpha value is -2.21. The van der Waals surface area contributed by atoms with Crippen molar-refractivity contribution in [2.24, 2.45) is 0 Å². The summed E-state index contributed by atoms with van der Waals surface area (Å²) in [4.78, 5) is 17.1. The molecule has 6 nitrogen and oxygen atoms in total. The van der Waals surface area contributed by atoms with E-state index in [0.29, 0.717) is 17.4 Å². The zero-order valence-electron chi connectivity index (χ0n) is 11.8. The molecule has 1 aromatic carbocycles. The number of rotatable bonds is 2. The number of piperidine rings is 1. The van der Waals surface area contributed by atoms with Gasteiger partial charge >= 0.3 is 0 Å². The van der Waals surface area contributed by atoms with Crippen LogP contribution >= 0.6 is 0 Å². The molecule has 110 valence electrons. The molecular weight excluding hydrogens is 270 g/mol. The molecule has 0 radical (unpaired) electrons. The minimum atomic E-state index is -0.735. The van der Waals surface area contributed by atoms with Gasteiger partial charge in [-0.05, 0) is 38.0 Å². The number of aliphatic hydroxyl groups is 1. The lowest BCUT2D eigenvalue weighted by atomic mass is 9.94. The van der Waals surface area contributed by atoms with Gasteiger partial charge in [0, 0.05) is 25.4 Å². The number of aromatic nitrogens is 1. The first-order valence-electron chi connectivity index (χ1n) is 6.97. The second kappa shape index (κ2) is 4.96. The summed E-state index contributed by atoms with van der Waals surface area (Å²) in [5, 5.41) is 21.9. The summed E-state index contributed by atoms with van der Waals surface area (Å²) in [6, 6.07) is 6.66. The molecule has 1 aromatic heterocycles. The Morgan fingerprint density at radius 1 is 1.43 bits per heavy atom. The zero-order chi connectivity index (χ0) is 15.0. The second-order valence-corrected chi connectivity index (χ2v) is 5.78. The van der Waals surface area contributed by atoms with Gasteiger partial charge in [0.25, 0.3) is 5.69 Å². The molecule has 3 rings (SSSR count). The number of anilines is 1. The van der Waals surface area contributed by atoms with Crippen molar-refractivity contribution in [3.8, 4) is 0 Å². The van der Waals surface area contributed by atoms with Crippen molar-refractivity contribution in [1.29, 1.82) is 0 Å². The smallest absolute Gasteiger partial charge is 0.278 e. The van der Waals surface area contributed by atoms with Crippen molar-refractivity contribution in [1.82, 2.24) is 4.98 Å².